The zero-order valence-corrected chi connectivity index (χ0v) is 11.8. The van der Waals surface area contributed by atoms with Crippen molar-refractivity contribution in [3.05, 3.63) is 23.3 Å². The average molecular weight is 277 g/mol. The molecule has 0 aliphatic carbocycles. The number of rotatable bonds is 4. The summed E-state index contributed by atoms with van der Waals surface area (Å²) in [6.07, 6.45) is 1.01. The van der Waals surface area contributed by atoms with E-state index in [1.54, 1.807) is 14.0 Å². The van der Waals surface area contributed by atoms with E-state index < -0.39 is 0 Å². The molecule has 108 valence electrons. The number of benzene rings is 1. The van der Waals surface area contributed by atoms with Crippen LogP contribution in [0.5, 0.6) is 11.5 Å². The standard InChI is InChI=1S/C15H19NO4/c1-10(17)16-6-5-13-11(7-16)3-4-14(18-2)15(13)20-9-12-8-19-12/h3-4,12H,5-9H2,1-2H3. The van der Waals surface area contributed by atoms with Crippen LogP contribution in [0.1, 0.15) is 18.1 Å². The second kappa shape index (κ2) is 5.32. The van der Waals surface area contributed by atoms with Gasteiger partial charge in [-0.3, -0.25) is 4.79 Å². The van der Waals surface area contributed by atoms with Crippen molar-refractivity contribution in [2.45, 2.75) is 26.0 Å². The third-order valence-corrected chi connectivity index (χ3v) is 3.80. The molecule has 3 rings (SSSR count). The van der Waals surface area contributed by atoms with Gasteiger partial charge in [0.1, 0.15) is 12.7 Å². The van der Waals surface area contributed by atoms with Crippen LogP contribution in [0, 0.1) is 0 Å². The molecule has 20 heavy (non-hydrogen) atoms. The fourth-order valence-corrected chi connectivity index (χ4v) is 2.53. The maximum atomic E-state index is 11.5. The Bertz CT molecular complexity index is 525. The van der Waals surface area contributed by atoms with Crippen molar-refractivity contribution in [3.63, 3.8) is 0 Å². The van der Waals surface area contributed by atoms with Crippen molar-refractivity contribution in [1.29, 1.82) is 0 Å². The summed E-state index contributed by atoms with van der Waals surface area (Å²) in [6, 6.07) is 3.93. The number of carbonyl (C=O) groups excluding carboxylic acids is 1. The highest BCUT2D eigenvalue weighted by Gasteiger charge is 2.27. The number of fused-ring (bicyclic) bond motifs is 1. The van der Waals surface area contributed by atoms with Crippen molar-refractivity contribution in [2.75, 3.05) is 26.9 Å². The van der Waals surface area contributed by atoms with Crippen LogP contribution < -0.4 is 9.47 Å². The van der Waals surface area contributed by atoms with Gasteiger partial charge in [0.05, 0.1) is 13.7 Å². The number of epoxide rings is 1. The molecule has 0 aromatic heterocycles. The third kappa shape index (κ3) is 2.58. The molecule has 0 saturated carbocycles. The molecular weight excluding hydrogens is 258 g/mol. The Balaban J connectivity index is 1.86. The van der Waals surface area contributed by atoms with Crippen LogP contribution in [0.15, 0.2) is 12.1 Å². The molecule has 1 fully saturated rings. The zero-order chi connectivity index (χ0) is 14.1. The quantitative estimate of drug-likeness (QED) is 0.780. The number of methoxy groups -OCH3 is 1. The van der Waals surface area contributed by atoms with Gasteiger partial charge in [0.15, 0.2) is 11.5 Å². The van der Waals surface area contributed by atoms with E-state index in [4.69, 9.17) is 14.2 Å². The van der Waals surface area contributed by atoms with Gasteiger partial charge in [-0.25, -0.2) is 0 Å². The van der Waals surface area contributed by atoms with Gasteiger partial charge in [-0.2, -0.15) is 0 Å². The maximum absolute atomic E-state index is 11.5. The molecule has 1 aromatic carbocycles. The Morgan fingerprint density at radius 1 is 1.50 bits per heavy atom. The predicted octanol–water partition coefficient (Wildman–Crippen LogP) is 1.38. The van der Waals surface area contributed by atoms with Crippen molar-refractivity contribution >= 4 is 5.91 Å². The number of carbonyl (C=O) groups is 1. The zero-order valence-electron chi connectivity index (χ0n) is 11.8. The Morgan fingerprint density at radius 2 is 2.30 bits per heavy atom. The molecule has 1 aromatic rings. The fourth-order valence-electron chi connectivity index (χ4n) is 2.53. The van der Waals surface area contributed by atoms with Crippen molar-refractivity contribution in [2.24, 2.45) is 0 Å². The predicted molar refractivity (Wildman–Crippen MR) is 73.0 cm³/mol. The molecule has 1 amide bonds. The number of nitrogens with zero attached hydrogens (tertiary/aromatic N) is 1. The van der Waals surface area contributed by atoms with Gasteiger partial charge in [-0.1, -0.05) is 6.07 Å². The molecule has 1 atom stereocenters. The van der Waals surface area contributed by atoms with E-state index in [0.717, 1.165) is 42.2 Å². The van der Waals surface area contributed by atoms with Crippen LogP contribution in [0.25, 0.3) is 0 Å². The summed E-state index contributed by atoms with van der Waals surface area (Å²) in [5, 5.41) is 0. The van der Waals surface area contributed by atoms with E-state index >= 15 is 0 Å². The third-order valence-electron chi connectivity index (χ3n) is 3.80. The molecule has 0 bridgehead atoms. The first-order chi connectivity index (χ1) is 9.69. The van der Waals surface area contributed by atoms with E-state index in [1.165, 1.54) is 0 Å². The fraction of sp³-hybridized carbons (Fsp3) is 0.533. The summed E-state index contributed by atoms with van der Waals surface area (Å²) in [6.45, 7) is 4.31. The molecule has 1 saturated heterocycles. The largest absolute Gasteiger partial charge is 0.493 e. The van der Waals surface area contributed by atoms with Crippen molar-refractivity contribution in [1.82, 2.24) is 4.90 Å². The van der Waals surface area contributed by atoms with E-state index in [2.05, 4.69) is 0 Å². The lowest BCUT2D eigenvalue weighted by molar-refractivity contribution is -0.129. The second-order valence-electron chi connectivity index (χ2n) is 5.19. The Labute approximate surface area is 118 Å². The van der Waals surface area contributed by atoms with Crippen LogP contribution >= 0.6 is 0 Å². The van der Waals surface area contributed by atoms with Crippen LogP contribution in [-0.2, 0) is 22.5 Å². The van der Waals surface area contributed by atoms with Gasteiger partial charge in [-0.15, -0.1) is 0 Å². The lowest BCUT2D eigenvalue weighted by atomic mass is 9.98. The first-order valence-corrected chi connectivity index (χ1v) is 6.87. The molecule has 2 aliphatic rings. The minimum absolute atomic E-state index is 0.111. The van der Waals surface area contributed by atoms with Gasteiger partial charge in [0.2, 0.25) is 5.91 Å². The van der Waals surface area contributed by atoms with E-state index in [-0.39, 0.29) is 12.0 Å². The first-order valence-electron chi connectivity index (χ1n) is 6.87. The van der Waals surface area contributed by atoms with Gasteiger partial charge in [-0.05, 0) is 18.1 Å². The molecule has 1 unspecified atom stereocenters. The summed E-state index contributed by atoms with van der Waals surface area (Å²) in [4.78, 5) is 13.3. The van der Waals surface area contributed by atoms with Gasteiger partial charge >= 0.3 is 0 Å². The SMILES string of the molecule is COc1ccc2c(c1OCC1CO1)CCN(C(C)=O)C2. The van der Waals surface area contributed by atoms with Crippen LogP contribution in [-0.4, -0.2) is 43.8 Å². The number of hydrogen-bond acceptors (Lipinski definition) is 4. The molecule has 0 N–H and O–H groups in total. The number of amides is 1. The molecular formula is C15H19NO4. The lowest BCUT2D eigenvalue weighted by Gasteiger charge is -2.29. The average Bonchev–Trinajstić information content (AvgIpc) is 3.27. The highest BCUT2D eigenvalue weighted by atomic mass is 16.6. The Hall–Kier alpha value is -1.75. The molecule has 5 heteroatoms. The van der Waals surface area contributed by atoms with Crippen LogP contribution in [0.4, 0.5) is 0 Å². The monoisotopic (exact) mass is 277 g/mol. The minimum atomic E-state index is 0.111. The second-order valence-corrected chi connectivity index (χ2v) is 5.19. The minimum Gasteiger partial charge on any atom is -0.493 e. The highest BCUT2D eigenvalue weighted by Crippen LogP contribution is 2.37. The van der Waals surface area contributed by atoms with Crippen LogP contribution in [0.2, 0.25) is 0 Å². The van der Waals surface area contributed by atoms with Gasteiger partial charge < -0.3 is 19.1 Å². The normalized spacial score (nSPS) is 20.3. The molecule has 0 spiro atoms. The van der Waals surface area contributed by atoms with E-state index in [1.807, 2.05) is 17.0 Å². The summed E-state index contributed by atoms with van der Waals surface area (Å²) in [5.74, 6) is 1.67. The van der Waals surface area contributed by atoms with Gasteiger partial charge in [0.25, 0.3) is 0 Å². The van der Waals surface area contributed by atoms with Crippen LogP contribution in [0.3, 0.4) is 0 Å². The lowest BCUT2D eigenvalue weighted by Crippen LogP contribution is -2.34. The molecule has 2 heterocycles. The summed E-state index contributed by atoms with van der Waals surface area (Å²) >= 11 is 0. The Kier molecular flexibility index (Phi) is 3.53. The molecule has 0 radical (unpaired) electrons. The smallest absolute Gasteiger partial charge is 0.219 e. The van der Waals surface area contributed by atoms with Crippen molar-refractivity contribution in [3.8, 4) is 11.5 Å². The maximum Gasteiger partial charge on any atom is 0.219 e. The first kappa shape index (κ1) is 13.2. The molecule has 2 aliphatic heterocycles. The topological polar surface area (TPSA) is 51.3 Å². The number of ether oxygens (including phenoxy) is 3. The van der Waals surface area contributed by atoms with Crippen molar-refractivity contribution < 1.29 is 19.0 Å². The number of hydrogen-bond donors (Lipinski definition) is 0. The molecule has 5 nitrogen and oxygen atoms in total. The highest BCUT2D eigenvalue weighted by molar-refractivity contribution is 5.73. The summed E-state index contributed by atoms with van der Waals surface area (Å²) < 4.78 is 16.5. The van der Waals surface area contributed by atoms with Gasteiger partial charge in [0, 0.05) is 25.6 Å². The van der Waals surface area contributed by atoms with E-state index in [9.17, 15) is 4.79 Å². The summed E-state index contributed by atoms with van der Waals surface area (Å²) in [5.41, 5.74) is 2.29. The Morgan fingerprint density at radius 3 is 2.95 bits per heavy atom. The summed E-state index contributed by atoms with van der Waals surface area (Å²) in [7, 11) is 1.65. The van der Waals surface area contributed by atoms with E-state index in [0.29, 0.717) is 13.2 Å².